The maximum Gasteiger partial charge on any atom is 0.300 e. The van der Waals surface area contributed by atoms with Gasteiger partial charge in [0.05, 0.1) is 4.92 Å². The third kappa shape index (κ3) is 2.94. The molecular weight excluding hydrogens is 279 g/mol. The molecule has 0 fully saturated rings. The minimum atomic E-state index is -0.710. The van der Waals surface area contributed by atoms with Crippen molar-refractivity contribution in [2.45, 2.75) is 0 Å². The highest BCUT2D eigenvalue weighted by atomic mass is 19.1. The molecule has 2 aromatic rings. The number of nitrogen functional groups attached to an aromatic ring is 1. The highest BCUT2D eigenvalue weighted by molar-refractivity contribution is 6.08. The summed E-state index contributed by atoms with van der Waals surface area (Å²) in [4.78, 5) is 27.4. The molecule has 0 bridgehead atoms. The lowest BCUT2D eigenvalue weighted by Gasteiger charge is -2.17. The average molecular weight is 290 g/mol. The summed E-state index contributed by atoms with van der Waals surface area (Å²) >= 11 is 0. The van der Waals surface area contributed by atoms with Crippen LogP contribution >= 0.6 is 0 Å². The van der Waals surface area contributed by atoms with Crippen LogP contribution in [0.25, 0.3) is 0 Å². The smallest absolute Gasteiger partial charge is 0.300 e. The molecule has 0 unspecified atom stereocenters. The molecule has 1 amide bonds. The van der Waals surface area contributed by atoms with Crippen molar-refractivity contribution in [3.8, 4) is 0 Å². The fourth-order valence-corrected chi connectivity index (χ4v) is 1.74. The Morgan fingerprint density at radius 2 is 2.00 bits per heavy atom. The van der Waals surface area contributed by atoms with Gasteiger partial charge in [0.1, 0.15) is 23.4 Å². The molecule has 21 heavy (non-hydrogen) atoms. The summed E-state index contributed by atoms with van der Waals surface area (Å²) in [5.41, 5.74) is 5.24. The van der Waals surface area contributed by atoms with Crippen LogP contribution in [0.4, 0.5) is 21.6 Å². The molecule has 0 radical (unpaired) electrons. The van der Waals surface area contributed by atoms with Crippen LogP contribution in [0.5, 0.6) is 0 Å². The number of amides is 1. The minimum Gasteiger partial charge on any atom is -0.384 e. The van der Waals surface area contributed by atoms with E-state index in [0.29, 0.717) is 5.69 Å². The van der Waals surface area contributed by atoms with E-state index in [9.17, 15) is 19.3 Å². The third-order valence-electron chi connectivity index (χ3n) is 2.85. The number of nitro groups is 1. The predicted octanol–water partition coefficient (Wildman–Crippen LogP) is 1.99. The number of nitrogens with zero attached hydrogens (tertiary/aromatic N) is 3. The summed E-state index contributed by atoms with van der Waals surface area (Å²) in [5, 5.41) is 10.9. The van der Waals surface area contributed by atoms with E-state index in [-0.39, 0.29) is 11.4 Å². The summed E-state index contributed by atoms with van der Waals surface area (Å²) in [5.74, 6) is -1.09. The zero-order valence-electron chi connectivity index (χ0n) is 11.0. The maximum atomic E-state index is 12.9. The largest absolute Gasteiger partial charge is 0.384 e. The van der Waals surface area contributed by atoms with E-state index in [0.717, 1.165) is 12.3 Å². The number of carbonyl (C=O) groups excluding carboxylic acids is 1. The minimum absolute atomic E-state index is 0.00328. The second-order valence-corrected chi connectivity index (χ2v) is 4.22. The van der Waals surface area contributed by atoms with E-state index in [1.165, 1.54) is 36.2 Å². The van der Waals surface area contributed by atoms with Gasteiger partial charge < -0.3 is 10.6 Å². The first kappa shape index (κ1) is 14.4. The van der Waals surface area contributed by atoms with Gasteiger partial charge in [-0.3, -0.25) is 14.9 Å². The van der Waals surface area contributed by atoms with Gasteiger partial charge in [-0.1, -0.05) is 0 Å². The molecule has 2 N–H and O–H groups in total. The summed E-state index contributed by atoms with van der Waals surface area (Å²) in [6.07, 6.45) is 0.932. The number of nitrogens with two attached hydrogens (primary N) is 1. The van der Waals surface area contributed by atoms with Crippen LogP contribution < -0.4 is 10.6 Å². The molecule has 0 saturated heterocycles. The van der Waals surface area contributed by atoms with E-state index in [1.807, 2.05) is 0 Å². The van der Waals surface area contributed by atoms with Crippen LogP contribution in [0.2, 0.25) is 0 Å². The van der Waals surface area contributed by atoms with Crippen molar-refractivity contribution in [2.24, 2.45) is 0 Å². The van der Waals surface area contributed by atoms with Crippen molar-refractivity contribution in [1.82, 2.24) is 4.98 Å². The Morgan fingerprint density at radius 1 is 1.38 bits per heavy atom. The second kappa shape index (κ2) is 5.53. The molecule has 2 rings (SSSR count). The first-order valence-corrected chi connectivity index (χ1v) is 5.83. The topological polar surface area (TPSA) is 102 Å². The lowest BCUT2D eigenvalue weighted by atomic mass is 10.2. The van der Waals surface area contributed by atoms with Crippen molar-refractivity contribution in [1.29, 1.82) is 0 Å². The Kier molecular flexibility index (Phi) is 3.79. The number of hydrogen-bond donors (Lipinski definition) is 1. The SMILES string of the molecule is CN(C(=O)c1cc(N)ncc1[N+](=O)[O-])c1ccc(F)cc1. The van der Waals surface area contributed by atoms with Crippen LogP contribution in [0.1, 0.15) is 10.4 Å². The average Bonchev–Trinajstić information content (AvgIpc) is 2.46. The molecule has 0 aliphatic carbocycles. The van der Waals surface area contributed by atoms with Gasteiger partial charge in [0.2, 0.25) is 0 Å². The Bertz CT molecular complexity index is 703. The van der Waals surface area contributed by atoms with E-state index in [1.54, 1.807) is 0 Å². The van der Waals surface area contributed by atoms with Crippen LogP contribution in [0.3, 0.4) is 0 Å². The number of carbonyl (C=O) groups is 1. The molecule has 0 atom stereocenters. The lowest BCUT2D eigenvalue weighted by Crippen LogP contribution is -2.27. The molecule has 0 spiro atoms. The number of benzene rings is 1. The van der Waals surface area contributed by atoms with Gasteiger partial charge in [0.25, 0.3) is 11.6 Å². The van der Waals surface area contributed by atoms with Crippen molar-refractivity contribution in [3.63, 3.8) is 0 Å². The zero-order chi connectivity index (χ0) is 15.6. The normalized spacial score (nSPS) is 10.2. The fourth-order valence-electron chi connectivity index (χ4n) is 1.74. The first-order valence-electron chi connectivity index (χ1n) is 5.83. The van der Waals surface area contributed by atoms with E-state index < -0.39 is 22.3 Å². The van der Waals surface area contributed by atoms with E-state index in [4.69, 9.17) is 5.73 Å². The highest BCUT2D eigenvalue weighted by Gasteiger charge is 2.24. The van der Waals surface area contributed by atoms with Gasteiger partial charge >= 0.3 is 0 Å². The van der Waals surface area contributed by atoms with Crippen molar-refractivity contribution in [3.05, 3.63) is 58.0 Å². The number of hydrogen-bond acceptors (Lipinski definition) is 5. The lowest BCUT2D eigenvalue weighted by molar-refractivity contribution is -0.385. The first-order chi connectivity index (χ1) is 9.90. The molecule has 0 aliphatic heterocycles. The Balaban J connectivity index is 2.41. The van der Waals surface area contributed by atoms with Gasteiger partial charge in [-0.2, -0.15) is 0 Å². The molecule has 7 nitrogen and oxygen atoms in total. The summed E-state index contributed by atoms with van der Waals surface area (Å²) in [7, 11) is 1.43. The molecule has 108 valence electrons. The molecule has 1 aromatic carbocycles. The molecule has 0 aliphatic rings. The van der Waals surface area contributed by atoms with Crippen molar-refractivity contribution < 1.29 is 14.1 Å². The van der Waals surface area contributed by atoms with E-state index >= 15 is 0 Å². The highest BCUT2D eigenvalue weighted by Crippen LogP contribution is 2.23. The Morgan fingerprint density at radius 3 is 2.57 bits per heavy atom. The number of halogens is 1. The summed E-state index contributed by atoms with van der Waals surface area (Å²) in [6.45, 7) is 0. The molecule has 1 heterocycles. The van der Waals surface area contributed by atoms with Crippen LogP contribution in [0.15, 0.2) is 36.5 Å². The van der Waals surface area contributed by atoms with E-state index in [2.05, 4.69) is 4.98 Å². The number of pyridine rings is 1. The quantitative estimate of drug-likeness (QED) is 0.687. The zero-order valence-corrected chi connectivity index (χ0v) is 11.0. The van der Waals surface area contributed by atoms with Crippen molar-refractivity contribution >= 4 is 23.1 Å². The number of aromatic nitrogens is 1. The number of anilines is 2. The second-order valence-electron chi connectivity index (χ2n) is 4.22. The molecule has 8 heteroatoms. The van der Waals surface area contributed by atoms with Crippen LogP contribution in [-0.4, -0.2) is 22.9 Å². The van der Waals surface area contributed by atoms with Gasteiger partial charge in [0.15, 0.2) is 0 Å². The Hall–Kier alpha value is -3.03. The van der Waals surface area contributed by atoms with Gasteiger partial charge in [-0.15, -0.1) is 0 Å². The predicted molar refractivity (Wildman–Crippen MR) is 74.4 cm³/mol. The molecule has 1 aromatic heterocycles. The van der Waals surface area contributed by atoms with Gasteiger partial charge in [-0.25, -0.2) is 9.37 Å². The van der Waals surface area contributed by atoms with Gasteiger partial charge in [0, 0.05) is 12.7 Å². The summed E-state index contributed by atoms with van der Waals surface area (Å²) < 4.78 is 12.9. The molecule has 0 saturated carbocycles. The fraction of sp³-hybridized carbons (Fsp3) is 0.0769. The van der Waals surface area contributed by atoms with Gasteiger partial charge in [-0.05, 0) is 30.3 Å². The summed E-state index contributed by atoms with van der Waals surface area (Å²) in [6, 6.07) is 6.30. The maximum absolute atomic E-state index is 12.9. The number of rotatable bonds is 3. The molecular formula is C13H11FN4O3. The van der Waals surface area contributed by atoms with Crippen LogP contribution in [-0.2, 0) is 0 Å². The van der Waals surface area contributed by atoms with Crippen LogP contribution in [0, 0.1) is 15.9 Å². The standard InChI is InChI=1S/C13H11FN4O3/c1-17(9-4-2-8(14)3-5-9)13(19)10-6-12(15)16-7-11(10)18(20)21/h2-7H,1H3,(H2,15,16). The Labute approximate surface area is 119 Å². The monoisotopic (exact) mass is 290 g/mol. The third-order valence-corrected chi connectivity index (χ3v) is 2.85. The van der Waals surface area contributed by atoms with Crippen molar-refractivity contribution in [2.75, 3.05) is 17.7 Å².